The van der Waals surface area contributed by atoms with Gasteiger partial charge in [0.15, 0.2) is 0 Å². The van der Waals surface area contributed by atoms with Crippen LogP contribution in [0, 0.1) is 5.92 Å². The van der Waals surface area contributed by atoms with E-state index in [2.05, 4.69) is 10.0 Å². The minimum Gasteiger partial charge on any atom is -0.310 e. The molecule has 21 heavy (non-hydrogen) atoms. The van der Waals surface area contributed by atoms with Crippen LogP contribution in [0.25, 0.3) is 0 Å². The Balaban J connectivity index is 2.01. The third kappa shape index (κ3) is 4.80. The molecule has 0 spiro atoms. The maximum atomic E-state index is 12.4. The van der Waals surface area contributed by atoms with Crippen LogP contribution in [0.15, 0.2) is 29.2 Å². The van der Waals surface area contributed by atoms with Crippen molar-refractivity contribution in [3.63, 3.8) is 0 Å². The number of hydrogen-bond acceptors (Lipinski definition) is 3. The van der Waals surface area contributed by atoms with E-state index in [0.29, 0.717) is 10.9 Å². The highest BCUT2D eigenvalue weighted by Crippen LogP contribution is 2.20. The molecule has 5 heteroatoms. The van der Waals surface area contributed by atoms with Crippen LogP contribution in [0.5, 0.6) is 0 Å². The van der Waals surface area contributed by atoms with Crippen molar-refractivity contribution >= 4 is 10.0 Å². The number of nitrogens with one attached hydrogen (secondary N) is 2. The smallest absolute Gasteiger partial charge is 0.240 e. The first kappa shape index (κ1) is 16.5. The monoisotopic (exact) mass is 310 g/mol. The largest absolute Gasteiger partial charge is 0.310 e. The third-order valence-corrected chi connectivity index (χ3v) is 5.46. The molecule has 1 aliphatic carbocycles. The van der Waals surface area contributed by atoms with Crippen LogP contribution >= 0.6 is 0 Å². The molecule has 0 radical (unpaired) electrons. The van der Waals surface area contributed by atoms with Crippen LogP contribution in [-0.4, -0.2) is 20.5 Å². The summed E-state index contributed by atoms with van der Waals surface area (Å²) in [5, 5.41) is 3.42. The van der Waals surface area contributed by atoms with Crippen LogP contribution < -0.4 is 10.0 Å². The fraction of sp³-hybridized carbons (Fsp3) is 0.625. The quantitative estimate of drug-likeness (QED) is 0.776. The van der Waals surface area contributed by atoms with Crippen molar-refractivity contribution in [1.82, 2.24) is 10.0 Å². The number of hydrogen-bond donors (Lipinski definition) is 2. The van der Waals surface area contributed by atoms with Crippen LogP contribution in [0.4, 0.5) is 0 Å². The Morgan fingerprint density at radius 2 is 1.81 bits per heavy atom. The van der Waals surface area contributed by atoms with Crippen LogP contribution in [-0.2, 0) is 16.6 Å². The predicted molar refractivity (Wildman–Crippen MR) is 85.5 cm³/mol. The van der Waals surface area contributed by atoms with E-state index < -0.39 is 10.0 Å². The first-order valence-corrected chi connectivity index (χ1v) is 9.25. The van der Waals surface area contributed by atoms with Gasteiger partial charge in [-0.15, -0.1) is 0 Å². The summed E-state index contributed by atoms with van der Waals surface area (Å²) in [5.41, 5.74) is 1.12. The molecule has 1 aromatic rings. The van der Waals surface area contributed by atoms with Crippen molar-refractivity contribution in [2.75, 3.05) is 0 Å². The van der Waals surface area contributed by atoms with Gasteiger partial charge in [-0.05, 0) is 42.9 Å². The maximum absolute atomic E-state index is 12.4. The first-order valence-electron chi connectivity index (χ1n) is 7.77. The number of sulfonamides is 1. The normalized spacial score (nSPS) is 17.1. The van der Waals surface area contributed by atoms with Crippen molar-refractivity contribution in [3.8, 4) is 0 Å². The third-order valence-electron chi connectivity index (χ3n) is 3.96. The summed E-state index contributed by atoms with van der Waals surface area (Å²) in [7, 11) is -3.42. The van der Waals surface area contributed by atoms with Gasteiger partial charge < -0.3 is 5.32 Å². The molecule has 1 fully saturated rings. The van der Waals surface area contributed by atoms with E-state index in [0.717, 1.165) is 18.5 Å². The van der Waals surface area contributed by atoms with Gasteiger partial charge in [0.05, 0.1) is 4.90 Å². The molecular formula is C16H26N2O2S. The molecule has 0 saturated heterocycles. The Kier molecular flexibility index (Phi) is 5.41. The first-order chi connectivity index (χ1) is 9.92. The fourth-order valence-corrected chi connectivity index (χ4v) is 3.76. The van der Waals surface area contributed by atoms with Crippen molar-refractivity contribution in [2.24, 2.45) is 5.92 Å². The second-order valence-electron chi connectivity index (χ2n) is 6.18. The van der Waals surface area contributed by atoms with Crippen LogP contribution in [0.2, 0.25) is 0 Å². The summed E-state index contributed by atoms with van der Waals surface area (Å²) >= 11 is 0. The molecule has 0 heterocycles. The molecule has 1 saturated carbocycles. The van der Waals surface area contributed by atoms with Gasteiger partial charge in [-0.2, -0.15) is 0 Å². The zero-order valence-electron chi connectivity index (χ0n) is 13.1. The molecule has 0 aliphatic heterocycles. The van der Waals surface area contributed by atoms with Crippen LogP contribution in [0.3, 0.4) is 0 Å². The number of rotatable bonds is 8. The van der Waals surface area contributed by atoms with Crippen molar-refractivity contribution < 1.29 is 8.42 Å². The topological polar surface area (TPSA) is 58.2 Å². The van der Waals surface area contributed by atoms with Gasteiger partial charge in [0.25, 0.3) is 0 Å². The maximum Gasteiger partial charge on any atom is 0.240 e. The SMILES string of the molecule is CCC(NS(=O)(=O)c1ccc(CNC2CC2)cc1)C(C)C. The molecule has 1 aliphatic rings. The standard InChI is InChI=1S/C16H26N2O2S/c1-4-16(12(2)3)18-21(19,20)15-9-5-13(6-10-15)11-17-14-7-8-14/h5-6,9-10,12,14,16-18H,4,7-8,11H2,1-3H3. The minimum atomic E-state index is -3.42. The molecule has 0 amide bonds. The van der Waals surface area contributed by atoms with Gasteiger partial charge in [-0.25, -0.2) is 13.1 Å². The molecule has 0 bridgehead atoms. The number of benzene rings is 1. The van der Waals surface area contributed by atoms with Gasteiger partial charge in [-0.1, -0.05) is 32.9 Å². The summed E-state index contributed by atoms with van der Waals surface area (Å²) in [6.45, 7) is 6.87. The van der Waals surface area contributed by atoms with E-state index in [1.54, 1.807) is 12.1 Å². The fourth-order valence-electron chi connectivity index (χ4n) is 2.29. The van der Waals surface area contributed by atoms with Gasteiger partial charge in [0.2, 0.25) is 10.0 Å². The van der Waals surface area contributed by atoms with E-state index in [1.165, 1.54) is 12.8 Å². The Morgan fingerprint density at radius 3 is 2.29 bits per heavy atom. The summed E-state index contributed by atoms with van der Waals surface area (Å²) in [5.74, 6) is 0.284. The molecule has 1 aromatic carbocycles. The van der Waals surface area contributed by atoms with E-state index >= 15 is 0 Å². The van der Waals surface area contributed by atoms with Gasteiger partial charge in [0.1, 0.15) is 0 Å². The minimum absolute atomic E-state index is 0.0220. The van der Waals surface area contributed by atoms with Crippen molar-refractivity contribution in [2.45, 2.75) is 63.6 Å². The van der Waals surface area contributed by atoms with E-state index in [9.17, 15) is 8.42 Å². The summed E-state index contributed by atoms with van der Waals surface area (Å²) in [4.78, 5) is 0.344. The Hall–Kier alpha value is -0.910. The molecule has 2 N–H and O–H groups in total. The van der Waals surface area contributed by atoms with Crippen molar-refractivity contribution in [1.29, 1.82) is 0 Å². The zero-order chi connectivity index (χ0) is 15.5. The van der Waals surface area contributed by atoms with Crippen LogP contribution in [0.1, 0.15) is 45.6 Å². The lowest BCUT2D eigenvalue weighted by Crippen LogP contribution is -2.37. The molecule has 2 rings (SSSR count). The lowest BCUT2D eigenvalue weighted by Gasteiger charge is -2.20. The molecular weight excluding hydrogens is 284 g/mol. The molecule has 4 nitrogen and oxygen atoms in total. The highest BCUT2D eigenvalue weighted by atomic mass is 32.2. The Labute approximate surface area is 128 Å². The van der Waals surface area contributed by atoms with Gasteiger partial charge in [0, 0.05) is 18.6 Å². The summed E-state index contributed by atoms with van der Waals surface area (Å²) in [6, 6.07) is 7.80. The van der Waals surface area contributed by atoms with Crippen molar-refractivity contribution in [3.05, 3.63) is 29.8 Å². The van der Waals surface area contributed by atoms with Gasteiger partial charge >= 0.3 is 0 Å². The highest BCUT2D eigenvalue weighted by molar-refractivity contribution is 7.89. The Morgan fingerprint density at radius 1 is 1.19 bits per heavy atom. The lowest BCUT2D eigenvalue weighted by atomic mass is 10.0. The average molecular weight is 310 g/mol. The molecule has 1 atom stereocenters. The van der Waals surface area contributed by atoms with E-state index in [-0.39, 0.29) is 12.0 Å². The molecule has 0 aromatic heterocycles. The lowest BCUT2D eigenvalue weighted by molar-refractivity contribution is 0.437. The summed E-state index contributed by atoms with van der Waals surface area (Å²) in [6.07, 6.45) is 3.30. The molecule has 118 valence electrons. The highest BCUT2D eigenvalue weighted by Gasteiger charge is 2.22. The predicted octanol–water partition coefficient (Wildman–Crippen LogP) is 2.65. The molecule has 1 unspecified atom stereocenters. The Bertz CT molecular complexity index is 548. The average Bonchev–Trinajstić information content (AvgIpc) is 3.27. The second kappa shape index (κ2) is 6.90. The van der Waals surface area contributed by atoms with Gasteiger partial charge in [-0.3, -0.25) is 0 Å². The summed E-state index contributed by atoms with van der Waals surface area (Å²) < 4.78 is 27.5. The van der Waals surface area contributed by atoms with E-state index in [4.69, 9.17) is 0 Å². The van der Waals surface area contributed by atoms with E-state index in [1.807, 2.05) is 32.9 Å². The second-order valence-corrected chi connectivity index (χ2v) is 7.89. The zero-order valence-corrected chi connectivity index (χ0v) is 13.9.